The molecule has 0 heterocycles. The minimum atomic E-state index is 0.140. The van der Waals surface area contributed by atoms with Gasteiger partial charge in [0.25, 0.3) is 0 Å². The van der Waals surface area contributed by atoms with Gasteiger partial charge in [-0.15, -0.1) is 6.58 Å². The van der Waals surface area contributed by atoms with Crippen molar-refractivity contribution in [1.29, 1.82) is 0 Å². The molecule has 0 bridgehead atoms. The Morgan fingerprint density at radius 3 is 2.76 bits per heavy atom. The van der Waals surface area contributed by atoms with Gasteiger partial charge < -0.3 is 4.74 Å². The number of allylic oxidation sites excluding steroid dienone is 1. The smallest absolute Gasteiger partial charge is 0.122 e. The fraction of sp³-hybridized carbons (Fsp3) is 0.429. The largest absolute Gasteiger partial charge is 0.496 e. The number of aryl methyl sites for hydroxylation is 1. The molecule has 1 aromatic rings. The molecule has 0 aliphatic carbocycles. The molecule has 94 valence electrons. The van der Waals surface area contributed by atoms with Crippen LogP contribution in [-0.2, 0) is 0 Å². The van der Waals surface area contributed by atoms with E-state index >= 15 is 0 Å². The summed E-state index contributed by atoms with van der Waals surface area (Å²) in [6.45, 7) is 7.97. The molecule has 0 fully saturated rings. The van der Waals surface area contributed by atoms with E-state index in [1.54, 1.807) is 7.11 Å². The Morgan fingerprint density at radius 2 is 2.24 bits per heavy atom. The first-order chi connectivity index (χ1) is 8.08. The van der Waals surface area contributed by atoms with E-state index in [1.807, 2.05) is 19.9 Å². The van der Waals surface area contributed by atoms with Gasteiger partial charge >= 0.3 is 0 Å². The molecule has 0 amide bonds. The maximum absolute atomic E-state index is 5.60. The number of benzene rings is 1. The summed E-state index contributed by atoms with van der Waals surface area (Å²) in [5.74, 6) is 6.50. The van der Waals surface area contributed by atoms with Crippen LogP contribution in [0.25, 0.3) is 0 Å². The molecule has 3 N–H and O–H groups in total. The summed E-state index contributed by atoms with van der Waals surface area (Å²) in [6.07, 6.45) is 1.91. The minimum Gasteiger partial charge on any atom is -0.496 e. The van der Waals surface area contributed by atoms with Gasteiger partial charge in [0.05, 0.1) is 7.11 Å². The average molecular weight is 234 g/mol. The van der Waals surface area contributed by atoms with Crippen molar-refractivity contribution in [2.75, 3.05) is 7.11 Å². The molecule has 0 aliphatic heterocycles. The van der Waals surface area contributed by atoms with Crippen molar-refractivity contribution in [2.45, 2.75) is 32.7 Å². The lowest BCUT2D eigenvalue weighted by atomic mass is 9.99. The third kappa shape index (κ3) is 3.88. The van der Waals surface area contributed by atoms with Crippen molar-refractivity contribution in [3.8, 4) is 5.75 Å². The summed E-state index contributed by atoms with van der Waals surface area (Å²) in [7, 11) is 1.69. The molecule has 0 aliphatic rings. The number of rotatable bonds is 6. The monoisotopic (exact) mass is 234 g/mol. The van der Waals surface area contributed by atoms with Crippen molar-refractivity contribution in [2.24, 2.45) is 5.84 Å². The molecule has 0 saturated carbocycles. The van der Waals surface area contributed by atoms with Crippen LogP contribution in [-0.4, -0.2) is 7.11 Å². The lowest BCUT2D eigenvalue weighted by Crippen LogP contribution is -2.28. The lowest BCUT2D eigenvalue weighted by molar-refractivity contribution is 0.409. The highest BCUT2D eigenvalue weighted by Crippen LogP contribution is 2.25. The molecule has 1 aromatic carbocycles. The highest BCUT2D eigenvalue weighted by Gasteiger charge is 2.11. The molecule has 0 aromatic heterocycles. The van der Waals surface area contributed by atoms with Gasteiger partial charge in [0, 0.05) is 6.04 Å². The Labute approximate surface area is 104 Å². The quantitative estimate of drug-likeness (QED) is 0.452. The SMILES string of the molecule is C=C(C)CCC(NN)c1ccc(C)c(OC)c1. The van der Waals surface area contributed by atoms with Gasteiger partial charge in [0.15, 0.2) is 0 Å². The van der Waals surface area contributed by atoms with Gasteiger partial charge in [-0.25, -0.2) is 0 Å². The van der Waals surface area contributed by atoms with Crippen LogP contribution in [0.1, 0.15) is 36.9 Å². The van der Waals surface area contributed by atoms with Gasteiger partial charge in [-0.2, -0.15) is 0 Å². The predicted octanol–water partition coefficient (Wildman–Crippen LogP) is 2.86. The van der Waals surface area contributed by atoms with E-state index in [0.717, 1.165) is 29.7 Å². The fourth-order valence-corrected chi connectivity index (χ4v) is 1.79. The third-order valence-corrected chi connectivity index (χ3v) is 2.90. The summed E-state index contributed by atoms with van der Waals surface area (Å²) in [5, 5.41) is 0. The van der Waals surface area contributed by atoms with Crippen molar-refractivity contribution in [3.63, 3.8) is 0 Å². The van der Waals surface area contributed by atoms with Gasteiger partial charge in [0.1, 0.15) is 5.75 Å². The standard InChI is InChI=1S/C14H22N2O/c1-10(2)5-8-13(16-15)12-7-6-11(3)14(9-12)17-4/h6-7,9,13,16H,1,5,8,15H2,2-4H3. The van der Waals surface area contributed by atoms with Crippen molar-refractivity contribution >= 4 is 0 Å². The topological polar surface area (TPSA) is 47.3 Å². The van der Waals surface area contributed by atoms with Crippen molar-refractivity contribution < 1.29 is 4.74 Å². The maximum Gasteiger partial charge on any atom is 0.122 e. The van der Waals surface area contributed by atoms with Crippen molar-refractivity contribution in [1.82, 2.24) is 5.43 Å². The lowest BCUT2D eigenvalue weighted by Gasteiger charge is -2.17. The van der Waals surface area contributed by atoms with E-state index in [2.05, 4.69) is 24.1 Å². The Balaban J connectivity index is 2.84. The van der Waals surface area contributed by atoms with Gasteiger partial charge in [0.2, 0.25) is 0 Å². The van der Waals surface area contributed by atoms with Crippen LogP contribution in [0.5, 0.6) is 5.75 Å². The van der Waals surface area contributed by atoms with Crippen LogP contribution in [0.15, 0.2) is 30.4 Å². The molecule has 0 spiro atoms. The van der Waals surface area contributed by atoms with Crippen LogP contribution in [0.3, 0.4) is 0 Å². The molecule has 3 nitrogen and oxygen atoms in total. The molecule has 0 saturated heterocycles. The van der Waals surface area contributed by atoms with Crippen LogP contribution < -0.4 is 16.0 Å². The minimum absolute atomic E-state index is 0.140. The number of ether oxygens (including phenoxy) is 1. The molecule has 3 heteroatoms. The second kappa shape index (κ2) is 6.42. The van der Waals surface area contributed by atoms with E-state index < -0.39 is 0 Å². The Morgan fingerprint density at radius 1 is 1.53 bits per heavy atom. The number of hydrogen-bond donors (Lipinski definition) is 2. The molecule has 17 heavy (non-hydrogen) atoms. The number of hydrazine groups is 1. The Hall–Kier alpha value is -1.32. The van der Waals surface area contributed by atoms with Gasteiger partial charge in [-0.3, -0.25) is 11.3 Å². The Kier molecular flexibility index (Phi) is 5.19. The van der Waals surface area contributed by atoms with Gasteiger partial charge in [-0.1, -0.05) is 17.7 Å². The van der Waals surface area contributed by atoms with Crippen LogP contribution in [0.2, 0.25) is 0 Å². The molecule has 1 rings (SSSR count). The highest BCUT2D eigenvalue weighted by molar-refractivity contribution is 5.37. The highest BCUT2D eigenvalue weighted by atomic mass is 16.5. The zero-order valence-electron chi connectivity index (χ0n) is 10.9. The maximum atomic E-state index is 5.60. The van der Waals surface area contributed by atoms with E-state index in [-0.39, 0.29) is 6.04 Å². The predicted molar refractivity (Wildman–Crippen MR) is 71.8 cm³/mol. The molecular weight excluding hydrogens is 212 g/mol. The first kappa shape index (κ1) is 13.7. The number of methoxy groups -OCH3 is 1. The van der Waals surface area contributed by atoms with E-state index in [0.29, 0.717) is 0 Å². The summed E-state index contributed by atoms with van der Waals surface area (Å²) in [4.78, 5) is 0. The first-order valence-electron chi connectivity index (χ1n) is 5.83. The van der Waals surface area contributed by atoms with Crippen LogP contribution in [0.4, 0.5) is 0 Å². The zero-order chi connectivity index (χ0) is 12.8. The molecular formula is C14H22N2O. The van der Waals surface area contributed by atoms with E-state index in [4.69, 9.17) is 10.6 Å². The fourth-order valence-electron chi connectivity index (χ4n) is 1.79. The van der Waals surface area contributed by atoms with Crippen molar-refractivity contribution in [3.05, 3.63) is 41.5 Å². The second-order valence-corrected chi connectivity index (χ2v) is 4.44. The van der Waals surface area contributed by atoms with E-state index in [9.17, 15) is 0 Å². The summed E-state index contributed by atoms with van der Waals surface area (Å²) in [5.41, 5.74) is 6.30. The molecule has 0 radical (unpaired) electrons. The van der Waals surface area contributed by atoms with Gasteiger partial charge in [-0.05, 0) is 43.9 Å². The average Bonchev–Trinajstić information content (AvgIpc) is 2.31. The number of nitrogens with one attached hydrogen (secondary N) is 1. The third-order valence-electron chi connectivity index (χ3n) is 2.90. The molecule has 1 unspecified atom stereocenters. The first-order valence-corrected chi connectivity index (χ1v) is 5.83. The number of hydrogen-bond acceptors (Lipinski definition) is 3. The zero-order valence-corrected chi connectivity index (χ0v) is 10.9. The number of nitrogens with two attached hydrogens (primary N) is 1. The summed E-state index contributed by atoms with van der Waals surface area (Å²) >= 11 is 0. The molecule has 1 atom stereocenters. The summed E-state index contributed by atoms with van der Waals surface area (Å²) < 4.78 is 5.32. The Bertz CT molecular complexity index is 388. The van der Waals surface area contributed by atoms with Crippen LogP contribution in [0, 0.1) is 6.92 Å². The van der Waals surface area contributed by atoms with Crippen LogP contribution >= 0.6 is 0 Å². The summed E-state index contributed by atoms with van der Waals surface area (Å²) in [6, 6.07) is 6.32. The van der Waals surface area contributed by atoms with E-state index in [1.165, 1.54) is 5.57 Å². The normalized spacial score (nSPS) is 12.2. The second-order valence-electron chi connectivity index (χ2n) is 4.44.